The van der Waals surface area contributed by atoms with Crippen LogP contribution in [0.3, 0.4) is 0 Å². The fourth-order valence-electron chi connectivity index (χ4n) is 2.21. The van der Waals surface area contributed by atoms with Crippen molar-refractivity contribution in [1.29, 1.82) is 0 Å². The Morgan fingerprint density at radius 3 is 1.91 bits per heavy atom. The molecule has 0 fully saturated rings. The smallest absolute Gasteiger partial charge is 0.337 e. The number of benzene rings is 2. The van der Waals surface area contributed by atoms with E-state index in [4.69, 9.17) is 15.3 Å². The monoisotopic (exact) mass is 316 g/mol. The first-order chi connectivity index (χ1) is 9.91. The van der Waals surface area contributed by atoms with E-state index in [1.54, 1.807) is 0 Å². The van der Waals surface area contributed by atoms with Crippen LogP contribution in [-0.4, -0.2) is 46.8 Å². The van der Waals surface area contributed by atoms with Crippen molar-refractivity contribution in [2.75, 3.05) is 0 Å². The lowest BCUT2D eigenvalue weighted by molar-refractivity contribution is -0.454. The van der Waals surface area contributed by atoms with Crippen LogP contribution in [0, 0.1) is 12.7 Å². The van der Waals surface area contributed by atoms with Crippen LogP contribution in [0.15, 0.2) is 12.1 Å². The summed E-state index contributed by atoms with van der Waals surface area (Å²) in [5.74, 6) is -12.1. The predicted molar refractivity (Wildman–Crippen MR) is 69.1 cm³/mol. The normalized spacial score (nSPS) is 12.9. The lowest BCUT2D eigenvalue weighted by Crippen LogP contribution is -2.52. The Kier molecular flexibility index (Phi) is 3.43. The standard InChI is InChI=1S/C13H13FO8/c1-4-7-5(10(16)11(17)9(4)15)2-3-6(14)8(7)12(18,19)13(20,21)22/h2-3,15-22H,1H3. The van der Waals surface area contributed by atoms with Crippen molar-refractivity contribution in [2.24, 2.45) is 0 Å². The SMILES string of the molecule is Cc1c(O)c(O)c(O)c2ccc(F)c(C(O)(O)C(O)(O)O)c12. The molecule has 0 radical (unpaired) electrons. The van der Waals surface area contributed by atoms with Crippen molar-refractivity contribution < 1.29 is 45.2 Å². The number of halogens is 1. The van der Waals surface area contributed by atoms with E-state index < -0.39 is 45.8 Å². The Labute approximate surface area is 122 Å². The van der Waals surface area contributed by atoms with Crippen molar-refractivity contribution in [3.05, 3.63) is 29.1 Å². The second kappa shape index (κ2) is 4.66. The zero-order chi connectivity index (χ0) is 17.0. The molecule has 0 spiro atoms. The predicted octanol–water partition coefficient (Wildman–Crippen LogP) is -0.828. The van der Waals surface area contributed by atoms with E-state index in [1.165, 1.54) is 0 Å². The van der Waals surface area contributed by atoms with Crippen LogP contribution in [0.25, 0.3) is 10.8 Å². The number of aromatic hydroxyl groups is 3. The molecule has 0 unspecified atom stereocenters. The molecule has 2 aromatic carbocycles. The van der Waals surface area contributed by atoms with Gasteiger partial charge in [0.1, 0.15) is 5.82 Å². The number of rotatable bonds is 2. The molecular formula is C13H13FO8. The van der Waals surface area contributed by atoms with E-state index in [0.717, 1.165) is 13.0 Å². The van der Waals surface area contributed by atoms with Crippen molar-refractivity contribution in [3.8, 4) is 17.2 Å². The van der Waals surface area contributed by atoms with Gasteiger partial charge in [0, 0.05) is 16.3 Å². The summed E-state index contributed by atoms with van der Waals surface area (Å²) in [7, 11) is 0. The van der Waals surface area contributed by atoms with Gasteiger partial charge in [-0.2, -0.15) is 0 Å². The number of fused-ring (bicyclic) bond motifs is 1. The minimum Gasteiger partial charge on any atom is -0.504 e. The molecular weight excluding hydrogens is 303 g/mol. The van der Waals surface area contributed by atoms with E-state index >= 15 is 0 Å². The van der Waals surface area contributed by atoms with Gasteiger partial charge in [-0.05, 0) is 19.1 Å². The van der Waals surface area contributed by atoms with E-state index in [9.17, 15) is 29.9 Å². The van der Waals surface area contributed by atoms with Crippen LogP contribution in [0.5, 0.6) is 17.2 Å². The maximum Gasteiger partial charge on any atom is 0.337 e. The zero-order valence-corrected chi connectivity index (χ0v) is 11.1. The Morgan fingerprint density at radius 1 is 0.864 bits per heavy atom. The second-order valence-corrected chi connectivity index (χ2v) is 4.82. The summed E-state index contributed by atoms with van der Waals surface area (Å²) < 4.78 is 14.0. The quantitative estimate of drug-likeness (QED) is 0.263. The Balaban J connectivity index is 3.07. The minimum absolute atomic E-state index is 0.295. The molecule has 0 saturated carbocycles. The van der Waals surface area contributed by atoms with Crippen LogP contribution in [0.4, 0.5) is 4.39 Å². The highest BCUT2D eigenvalue weighted by Crippen LogP contribution is 2.47. The highest BCUT2D eigenvalue weighted by Gasteiger charge is 2.51. The molecule has 0 aliphatic rings. The molecule has 9 heteroatoms. The summed E-state index contributed by atoms with van der Waals surface area (Å²) in [6.07, 6.45) is 0. The molecule has 0 amide bonds. The Morgan fingerprint density at radius 2 is 1.41 bits per heavy atom. The largest absolute Gasteiger partial charge is 0.504 e. The summed E-state index contributed by atoms with van der Waals surface area (Å²) in [6.45, 7) is 1.14. The number of aryl methyl sites for hydroxylation is 1. The summed E-state index contributed by atoms with van der Waals surface area (Å²) in [6, 6.07) is 1.60. The first kappa shape index (κ1) is 16.2. The van der Waals surface area contributed by atoms with E-state index in [1.807, 2.05) is 0 Å². The first-order valence-electron chi connectivity index (χ1n) is 5.89. The molecule has 22 heavy (non-hydrogen) atoms. The van der Waals surface area contributed by atoms with Gasteiger partial charge in [-0.1, -0.05) is 0 Å². The third-order valence-electron chi connectivity index (χ3n) is 3.40. The van der Waals surface area contributed by atoms with Gasteiger partial charge in [-0.25, -0.2) is 4.39 Å². The van der Waals surface area contributed by atoms with Gasteiger partial charge in [-0.15, -0.1) is 0 Å². The second-order valence-electron chi connectivity index (χ2n) is 4.82. The van der Waals surface area contributed by atoms with Crippen LogP contribution in [0.2, 0.25) is 0 Å². The van der Waals surface area contributed by atoms with Gasteiger partial charge in [0.2, 0.25) is 5.75 Å². The molecule has 8 nitrogen and oxygen atoms in total. The number of aliphatic hydroxyl groups is 5. The molecule has 8 N–H and O–H groups in total. The molecule has 0 aromatic heterocycles. The van der Waals surface area contributed by atoms with Crippen LogP contribution in [0.1, 0.15) is 11.1 Å². The molecule has 2 rings (SSSR count). The lowest BCUT2D eigenvalue weighted by atomic mass is 9.91. The molecule has 2 aromatic rings. The van der Waals surface area contributed by atoms with E-state index in [0.29, 0.717) is 6.07 Å². The fourth-order valence-corrected chi connectivity index (χ4v) is 2.21. The number of hydrogen-bond acceptors (Lipinski definition) is 8. The van der Waals surface area contributed by atoms with Gasteiger partial charge in [0.05, 0.1) is 5.56 Å². The molecule has 0 atom stereocenters. The molecule has 0 heterocycles. The third-order valence-corrected chi connectivity index (χ3v) is 3.40. The average molecular weight is 316 g/mol. The summed E-state index contributed by atoms with van der Waals surface area (Å²) in [4.78, 5) is 0. The van der Waals surface area contributed by atoms with Gasteiger partial charge >= 0.3 is 5.97 Å². The molecule has 120 valence electrons. The highest BCUT2D eigenvalue weighted by atomic mass is 19.1. The average Bonchev–Trinajstić information content (AvgIpc) is 2.40. The Bertz CT molecular complexity index is 763. The maximum absolute atomic E-state index is 14.0. The van der Waals surface area contributed by atoms with Gasteiger partial charge in [0.25, 0.3) is 5.79 Å². The third kappa shape index (κ3) is 2.03. The van der Waals surface area contributed by atoms with Crippen molar-refractivity contribution in [1.82, 2.24) is 0 Å². The number of phenols is 3. The van der Waals surface area contributed by atoms with E-state index in [-0.39, 0.29) is 10.9 Å². The summed E-state index contributed by atoms with van der Waals surface area (Å²) >= 11 is 0. The zero-order valence-electron chi connectivity index (χ0n) is 11.1. The highest BCUT2D eigenvalue weighted by molar-refractivity contribution is 5.98. The topological polar surface area (TPSA) is 162 Å². The number of hydrogen-bond donors (Lipinski definition) is 8. The fraction of sp³-hybridized carbons (Fsp3) is 0.231. The van der Waals surface area contributed by atoms with Crippen LogP contribution < -0.4 is 0 Å². The van der Waals surface area contributed by atoms with Gasteiger partial charge in [-0.3, -0.25) is 0 Å². The van der Waals surface area contributed by atoms with Crippen molar-refractivity contribution >= 4 is 10.8 Å². The lowest BCUT2D eigenvalue weighted by Gasteiger charge is -2.31. The number of phenolic OH excluding ortho intramolecular Hbond substituents is 3. The maximum atomic E-state index is 14.0. The van der Waals surface area contributed by atoms with Gasteiger partial charge in [0.15, 0.2) is 11.5 Å². The van der Waals surface area contributed by atoms with Crippen LogP contribution >= 0.6 is 0 Å². The molecule has 0 bridgehead atoms. The van der Waals surface area contributed by atoms with Crippen LogP contribution in [-0.2, 0) is 5.79 Å². The summed E-state index contributed by atoms with van der Waals surface area (Å²) in [5, 5.41) is 74.7. The van der Waals surface area contributed by atoms with Gasteiger partial charge < -0.3 is 40.9 Å². The van der Waals surface area contributed by atoms with Crippen molar-refractivity contribution in [3.63, 3.8) is 0 Å². The van der Waals surface area contributed by atoms with Crippen molar-refractivity contribution in [2.45, 2.75) is 18.7 Å². The Hall–Kier alpha value is -2.17. The molecule has 0 aliphatic heterocycles. The molecule has 0 aliphatic carbocycles. The summed E-state index contributed by atoms with van der Waals surface area (Å²) in [5.41, 5.74) is -1.50. The molecule has 0 saturated heterocycles. The van der Waals surface area contributed by atoms with E-state index in [2.05, 4.69) is 0 Å². The first-order valence-corrected chi connectivity index (χ1v) is 5.89. The minimum atomic E-state index is -4.14.